The Morgan fingerprint density at radius 2 is 2.27 bits per heavy atom. The lowest BCUT2D eigenvalue weighted by Gasteiger charge is -2.22. The standard InChI is InChI=1S/C15H17ClN4O2/c16-13-5-1-2-6-14(13)20-9-11(8-17-20)18-15(22)19-7-3-4-12(19)10-21/h1-2,5-6,8-9,12,21H,3-4,7,10H2,(H,18,22)/t12-/m1/s1. The van der Waals surface area contributed by atoms with Crippen LogP contribution in [0.15, 0.2) is 36.7 Å². The van der Waals surface area contributed by atoms with Crippen LogP contribution in [0.4, 0.5) is 10.5 Å². The maximum Gasteiger partial charge on any atom is 0.322 e. The second-order valence-corrected chi connectivity index (χ2v) is 5.63. The first-order chi connectivity index (χ1) is 10.7. The molecule has 1 saturated heterocycles. The molecule has 1 aliphatic heterocycles. The third-order valence-electron chi connectivity index (χ3n) is 3.78. The van der Waals surface area contributed by atoms with E-state index in [1.54, 1.807) is 28.0 Å². The van der Waals surface area contributed by atoms with Crippen LogP contribution in [0.25, 0.3) is 5.69 Å². The van der Waals surface area contributed by atoms with Crippen LogP contribution < -0.4 is 5.32 Å². The number of rotatable bonds is 3. The number of anilines is 1. The summed E-state index contributed by atoms with van der Waals surface area (Å²) in [6.45, 7) is 0.655. The van der Waals surface area contributed by atoms with Crippen molar-refractivity contribution in [3.63, 3.8) is 0 Å². The summed E-state index contributed by atoms with van der Waals surface area (Å²) in [5.74, 6) is 0. The van der Waals surface area contributed by atoms with E-state index in [0.29, 0.717) is 17.3 Å². The summed E-state index contributed by atoms with van der Waals surface area (Å²) in [4.78, 5) is 13.9. The molecule has 22 heavy (non-hydrogen) atoms. The van der Waals surface area contributed by atoms with E-state index in [1.807, 2.05) is 18.2 Å². The summed E-state index contributed by atoms with van der Waals surface area (Å²) < 4.78 is 1.62. The zero-order valence-corrected chi connectivity index (χ0v) is 12.7. The molecule has 0 bridgehead atoms. The van der Waals surface area contributed by atoms with E-state index in [0.717, 1.165) is 18.5 Å². The summed E-state index contributed by atoms with van der Waals surface area (Å²) in [6.07, 6.45) is 5.04. The fourth-order valence-electron chi connectivity index (χ4n) is 2.64. The van der Waals surface area contributed by atoms with Gasteiger partial charge in [0.2, 0.25) is 0 Å². The van der Waals surface area contributed by atoms with Gasteiger partial charge in [-0.15, -0.1) is 0 Å². The second kappa shape index (κ2) is 6.37. The lowest BCUT2D eigenvalue weighted by molar-refractivity contribution is 0.166. The smallest absolute Gasteiger partial charge is 0.322 e. The largest absolute Gasteiger partial charge is 0.394 e. The summed E-state index contributed by atoms with van der Waals surface area (Å²) in [5, 5.41) is 16.9. The number of aromatic nitrogens is 2. The highest BCUT2D eigenvalue weighted by Crippen LogP contribution is 2.22. The Balaban J connectivity index is 1.72. The van der Waals surface area contributed by atoms with E-state index in [-0.39, 0.29) is 18.7 Å². The first kappa shape index (κ1) is 14.9. The Kier molecular flexibility index (Phi) is 4.31. The van der Waals surface area contributed by atoms with E-state index in [4.69, 9.17) is 11.6 Å². The lowest BCUT2D eigenvalue weighted by atomic mass is 10.2. The van der Waals surface area contributed by atoms with Gasteiger partial charge in [0.15, 0.2) is 0 Å². The molecule has 2 aromatic rings. The Labute approximate surface area is 133 Å². The zero-order chi connectivity index (χ0) is 15.5. The quantitative estimate of drug-likeness (QED) is 0.913. The molecule has 0 unspecified atom stereocenters. The fourth-order valence-corrected chi connectivity index (χ4v) is 2.87. The van der Waals surface area contributed by atoms with Crippen molar-refractivity contribution in [2.24, 2.45) is 0 Å². The van der Waals surface area contributed by atoms with Gasteiger partial charge in [-0.2, -0.15) is 5.10 Å². The lowest BCUT2D eigenvalue weighted by Crippen LogP contribution is -2.40. The molecule has 6 nitrogen and oxygen atoms in total. The van der Waals surface area contributed by atoms with Crippen LogP contribution in [0.2, 0.25) is 5.02 Å². The molecule has 0 radical (unpaired) electrons. The number of amides is 2. The van der Waals surface area contributed by atoms with Crippen LogP contribution in [0, 0.1) is 0 Å². The molecule has 7 heteroatoms. The van der Waals surface area contributed by atoms with E-state index in [9.17, 15) is 9.90 Å². The normalized spacial score (nSPS) is 17.7. The third-order valence-corrected chi connectivity index (χ3v) is 4.10. The van der Waals surface area contributed by atoms with Crippen LogP contribution in [0.1, 0.15) is 12.8 Å². The average molecular weight is 321 g/mol. The number of nitrogens with one attached hydrogen (secondary N) is 1. The van der Waals surface area contributed by atoms with Gasteiger partial charge < -0.3 is 15.3 Å². The van der Waals surface area contributed by atoms with Crippen molar-refractivity contribution in [2.45, 2.75) is 18.9 Å². The molecule has 0 aliphatic carbocycles. The molecule has 2 amide bonds. The number of hydrogen-bond donors (Lipinski definition) is 2. The molecule has 0 spiro atoms. The predicted molar refractivity (Wildman–Crippen MR) is 84.4 cm³/mol. The SMILES string of the molecule is O=C(Nc1cnn(-c2ccccc2Cl)c1)N1CCC[C@@H]1CO. The number of aliphatic hydroxyl groups is 1. The van der Waals surface area contributed by atoms with Crippen LogP contribution in [-0.4, -0.2) is 45.0 Å². The Morgan fingerprint density at radius 3 is 3.05 bits per heavy atom. The average Bonchev–Trinajstić information content (AvgIpc) is 3.16. The fraction of sp³-hybridized carbons (Fsp3) is 0.333. The van der Waals surface area contributed by atoms with Gasteiger partial charge in [-0.05, 0) is 25.0 Å². The van der Waals surface area contributed by atoms with E-state index in [2.05, 4.69) is 10.4 Å². The van der Waals surface area contributed by atoms with Gasteiger partial charge in [-0.25, -0.2) is 9.48 Å². The summed E-state index contributed by atoms with van der Waals surface area (Å²) in [7, 11) is 0. The molecule has 1 atom stereocenters. The van der Waals surface area contributed by atoms with Crippen molar-refractivity contribution >= 4 is 23.3 Å². The number of carbonyl (C=O) groups excluding carboxylic acids is 1. The minimum absolute atomic E-state index is 0.00763. The van der Waals surface area contributed by atoms with Crippen molar-refractivity contribution in [1.82, 2.24) is 14.7 Å². The molecule has 1 aromatic heterocycles. The first-order valence-electron chi connectivity index (χ1n) is 7.17. The van der Waals surface area contributed by atoms with E-state index >= 15 is 0 Å². The number of hydrogen-bond acceptors (Lipinski definition) is 3. The molecule has 116 valence electrons. The van der Waals surface area contributed by atoms with Gasteiger partial charge >= 0.3 is 6.03 Å². The van der Waals surface area contributed by atoms with Crippen LogP contribution in [0.3, 0.4) is 0 Å². The van der Waals surface area contributed by atoms with Crippen LogP contribution in [0.5, 0.6) is 0 Å². The monoisotopic (exact) mass is 320 g/mol. The highest BCUT2D eigenvalue weighted by atomic mass is 35.5. The molecular formula is C15H17ClN4O2. The van der Waals surface area contributed by atoms with Gasteiger partial charge in [-0.1, -0.05) is 23.7 Å². The molecular weight excluding hydrogens is 304 g/mol. The minimum Gasteiger partial charge on any atom is -0.394 e. The third kappa shape index (κ3) is 2.93. The van der Waals surface area contributed by atoms with Crippen molar-refractivity contribution in [2.75, 3.05) is 18.5 Å². The summed E-state index contributed by atoms with van der Waals surface area (Å²) in [6, 6.07) is 7.04. The molecule has 3 rings (SSSR count). The summed E-state index contributed by atoms with van der Waals surface area (Å²) in [5.41, 5.74) is 1.34. The highest BCUT2D eigenvalue weighted by molar-refractivity contribution is 6.32. The minimum atomic E-state index is -0.213. The number of aliphatic hydroxyl groups excluding tert-OH is 1. The molecule has 1 aliphatic rings. The first-order valence-corrected chi connectivity index (χ1v) is 7.55. The molecule has 1 fully saturated rings. The molecule has 1 aromatic carbocycles. The Morgan fingerprint density at radius 1 is 1.45 bits per heavy atom. The summed E-state index contributed by atoms with van der Waals surface area (Å²) >= 11 is 6.13. The van der Waals surface area contributed by atoms with Crippen molar-refractivity contribution in [1.29, 1.82) is 0 Å². The topological polar surface area (TPSA) is 70.4 Å². The van der Waals surface area contributed by atoms with Gasteiger partial charge in [0.05, 0.1) is 41.4 Å². The predicted octanol–water partition coefficient (Wildman–Crippen LogP) is 2.51. The Hall–Kier alpha value is -2.05. The maximum absolute atomic E-state index is 12.2. The molecule has 2 N–H and O–H groups in total. The van der Waals surface area contributed by atoms with Crippen LogP contribution in [-0.2, 0) is 0 Å². The number of likely N-dealkylation sites (tertiary alicyclic amines) is 1. The van der Waals surface area contributed by atoms with Gasteiger partial charge in [0.25, 0.3) is 0 Å². The molecule has 2 heterocycles. The molecule has 0 saturated carbocycles. The van der Waals surface area contributed by atoms with E-state index < -0.39 is 0 Å². The Bertz CT molecular complexity index is 673. The van der Waals surface area contributed by atoms with Crippen molar-refractivity contribution in [3.05, 3.63) is 41.7 Å². The van der Waals surface area contributed by atoms with Crippen LogP contribution >= 0.6 is 11.6 Å². The van der Waals surface area contributed by atoms with E-state index in [1.165, 1.54) is 0 Å². The maximum atomic E-state index is 12.2. The number of carbonyl (C=O) groups is 1. The van der Waals surface area contributed by atoms with Gasteiger partial charge in [-0.3, -0.25) is 0 Å². The van der Waals surface area contributed by atoms with Gasteiger partial charge in [0.1, 0.15) is 0 Å². The number of urea groups is 1. The van der Waals surface area contributed by atoms with Crippen molar-refractivity contribution in [3.8, 4) is 5.69 Å². The zero-order valence-electron chi connectivity index (χ0n) is 11.9. The number of nitrogens with zero attached hydrogens (tertiary/aromatic N) is 3. The second-order valence-electron chi connectivity index (χ2n) is 5.23. The number of para-hydroxylation sites is 1. The van der Waals surface area contributed by atoms with Gasteiger partial charge in [0, 0.05) is 6.54 Å². The highest BCUT2D eigenvalue weighted by Gasteiger charge is 2.28. The number of halogens is 1. The number of benzene rings is 1. The van der Waals surface area contributed by atoms with Crippen molar-refractivity contribution < 1.29 is 9.90 Å².